The van der Waals surface area contributed by atoms with Gasteiger partial charge in [-0.2, -0.15) is 0 Å². The molecule has 2 N–H and O–H groups in total. The molecule has 1 aliphatic carbocycles. The molecule has 0 spiro atoms. The maximum atomic E-state index is 12.2. The van der Waals surface area contributed by atoms with Crippen molar-refractivity contribution in [1.29, 1.82) is 0 Å². The van der Waals surface area contributed by atoms with E-state index in [-0.39, 0.29) is 5.91 Å². The predicted molar refractivity (Wildman–Crippen MR) is 77.3 cm³/mol. The molecule has 1 aliphatic rings. The third-order valence-corrected chi connectivity index (χ3v) is 4.03. The highest BCUT2D eigenvalue weighted by Crippen LogP contribution is 2.27. The van der Waals surface area contributed by atoms with Crippen molar-refractivity contribution in [1.82, 2.24) is 10.3 Å². The largest absolute Gasteiger partial charge is 0.373 e. The summed E-state index contributed by atoms with van der Waals surface area (Å²) in [6.07, 6.45) is 7.62. The molecule has 2 atom stereocenters. The molecule has 0 bridgehead atoms. The fourth-order valence-electron chi connectivity index (χ4n) is 2.81. The lowest BCUT2D eigenvalue weighted by Gasteiger charge is -2.31. The van der Waals surface area contributed by atoms with E-state index in [1.54, 1.807) is 6.20 Å². The van der Waals surface area contributed by atoms with Crippen LogP contribution >= 0.6 is 0 Å². The van der Waals surface area contributed by atoms with Crippen LogP contribution in [0.2, 0.25) is 0 Å². The monoisotopic (exact) mass is 261 g/mol. The Morgan fingerprint density at radius 1 is 1.37 bits per heavy atom. The molecular weight excluding hydrogens is 238 g/mol. The second-order valence-corrected chi connectivity index (χ2v) is 5.21. The maximum Gasteiger partial charge on any atom is 0.253 e. The summed E-state index contributed by atoms with van der Waals surface area (Å²) in [5.41, 5.74) is 0.638. The average molecular weight is 261 g/mol. The van der Waals surface area contributed by atoms with Gasteiger partial charge in [-0.1, -0.05) is 26.2 Å². The molecule has 0 radical (unpaired) electrons. The molecule has 1 heterocycles. The van der Waals surface area contributed by atoms with Crippen molar-refractivity contribution >= 4 is 11.7 Å². The van der Waals surface area contributed by atoms with E-state index in [4.69, 9.17) is 0 Å². The Morgan fingerprint density at radius 2 is 2.16 bits per heavy atom. The molecule has 1 fully saturated rings. The first kappa shape index (κ1) is 13.8. The number of hydrogen-bond donors (Lipinski definition) is 2. The summed E-state index contributed by atoms with van der Waals surface area (Å²) in [5, 5.41) is 6.12. The van der Waals surface area contributed by atoms with Crippen molar-refractivity contribution in [3.8, 4) is 0 Å². The molecule has 1 aromatic rings. The van der Waals surface area contributed by atoms with Gasteiger partial charge in [0.2, 0.25) is 0 Å². The number of nitrogens with zero attached hydrogens (tertiary/aromatic N) is 1. The molecule has 1 aromatic heterocycles. The summed E-state index contributed by atoms with van der Waals surface area (Å²) in [5.74, 6) is 1.41. The van der Waals surface area contributed by atoms with Crippen LogP contribution in [0.1, 0.15) is 49.4 Å². The average Bonchev–Trinajstić information content (AvgIpc) is 2.48. The summed E-state index contributed by atoms with van der Waals surface area (Å²) in [6.45, 7) is 2.21. The van der Waals surface area contributed by atoms with Gasteiger partial charge >= 0.3 is 0 Å². The quantitative estimate of drug-likeness (QED) is 0.876. The zero-order valence-electron chi connectivity index (χ0n) is 11.8. The SMILES string of the molecule is CCC1CCCCC1NC(=O)c1ccc(NC)nc1. The van der Waals surface area contributed by atoms with E-state index in [0.29, 0.717) is 17.5 Å². The number of carbonyl (C=O) groups is 1. The van der Waals surface area contributed by atoms with E-state index in [0.717, 1.165) is 18.7 Å². The summed E-state index contributed by atoms with van der Waals surface area (Å²) >= 11 is 0. The molecule has 1 saturated carbocycles. The first-order chi connectivity index (χ1) is 9.24. The van der Waals surface area contributed by atoms with Crippen molar-refractivity contribution < 1.29 is 4.79 Å². The van der Waals surface area contributed by atoms with Crippen LogP contribution in [-0.2, 0) is 0 Å². The van der Waals surface area contributed by atoms with Crippen LogP contribution in [0.4, 0.5) is 5.82 Å². The first-order valence-electron chi connectivity index (χ1n) is 7.19. The molecule has 0 aliphatic heterocycles. The van der Waals surface area contributed by atoms with Crippen molar-refractivity contribution in [2.75, 3.05) is 12.4 Å². The van der Waals surface area contributed by atoms with Crippen LogP contribution in [0, 0.1) is 5.92 Å². The fourth-order valence-corrected chi connectivity index (χ4v) is 2.81. The zero-order valence-corrected chi connectivity index (χ0v) is 11.8. The predicted octanol–water partition coefficient (Wildman–Crippen LogP) is 2.82. The van der Waals surface area contributed by atoms with E-state index in [1.165, 1.54) is 19.3 Å². The molecule has 4 nitrogen and oxygen atoms in total. The van der Waals surface area contributed by atoms with E-state index in [1.807, 2.05) is 19.2 Å². The Labute approximate surface area is 115 Å². The number of pyridine rings is 1. The van der Waals surface area contributed by atoms with Crippen molar-refractivity contribution in [2.24, 2.45) is 5.92 Å². The molecule has 2 unspecified atom stereocenters. The second kappa shape index (κ2) is 6.55. The van der Waals surface area contributed by atoms with Crippen LogP contribution in [0.3, 0.4) is 0 Å². The van der Waals surface area contributed by atoms with Gasteiger partial charge in [0.05, 0.1) is 5.56 Å². The number of rotatable bonds is 4. The number of anilines is 1. The lowest BCUT2D eigenvalue weighted by Crippen LogP contribution is -2.41. The van der Waals surface area contributed by atoms with E-state index in [9.17, 15) is 4.79 Å². The molecule has 19 heavy (non-hydrogen) atoms. The molecule has 104 valence electrons. The Balaban J connectivity index is 1.98. The van der Waals surface area contributed by atoms with Gasteiger partial charge < -0.3 is 10.6 Å². The van der Waals surface area contributed by atoms with Crippen LogP contribution in [0.15, 0.2) is 18.3 Å². The van der Waals surface area contributed by atoms with Gasteiger partial charge in [0.25, 0.3) is 5.91 Å². The Kier molecular flexibility index (Phi) is 4.77. The molecule has 0 saturated heterocycles. The van der Waals surface area contributed by atoms with Gasteiger partial charge in [-0.25, -0.2) is 4.98 Å². The minimum atomic E-state index is 0.000466. The van der Waals surface area contributed by atoms with Gasteiger partial charge in [0.15, 0.2) is 0 Å². The summed E-state index contributed by atoms with van der Waals surface area (Å²) < 4.78 is 0. The number of hydrogen-bond acceptors (Lipinski definition) is 3. The Bertz CT molecular complexity index is 416. The number of aromatic nitrogens is 1. The number of amides is 1. The standard InChI is InChI=1S/C15H23N3O/c1-3-11-6-4-5-7-13(11)18-15(19)12-8-9-14(16-2)17-10-12/h8-11,13H,3-7H2,1-2H3,(H,16,17)(H,18,19). The lowest BCUT2D eigenvalue weighted by atomic mass is 9.83. The zero-order chi connectivity index (χ0) is 13.7. The van der Waals surface area contributed by atoms with E-state index < -0.39 is 0 Å². The van der Waals surface area contributed by atoms with Gasteiger partial charge in [-0.15, -0.1) is 0 Å². The number of nitrogens with one attached hydrogen (secondary N) is 2. The third kappa shape index (κ3) is 3.46. The molecule has 2 rings (SSSR count). The lowest BCUT2D eigenvalue weighted by molar-refractivity contribution is 0.0904. The van der Waals surface area contributed by atoms with Gasteiger partial charge in [0.1, 0.15) is 5.82 Å². The van der Waals surface area contributed by atoms with E-state index >= 15 is 0 Å². The van der Waals surface area contributed by atoms with Crippen LogP contribution < -0.4 is 10.6 Å². The fraction of sp³-hybridized carbons (Fsp3) is 0.600. The first-order valence-corrected chi connectivity index (χ1v) is 7.19. The van der Waals surface area contributed by atoms with Crippen LogP contribution in [0.25, 0.3) is 0 Å². The highest BCUT2D eigenvalue weighted by atomic mass is 16.1. The van der Waals surface area contributed by atoms with Crippen LogP contribution in [-0.4, -0.2) is 24.0 Å². The summed E-state index contributed by atoms with van der Waals surface area (Å²) in [7, 11) is 1.82. The molecule has 0 aromatic carbocycles. The Morgan fingerprint density at radius 3 is 2.79 bits per heavy atom. The maximum absolute atomic E-state index is 12.2. The third-order valence-electron chi connectivity index (χ3n) is 4.03. The highest BCUT2D eigenvalue weighted by molar-refractivity contribution is 5.94. The Hall–Kier alpha value is -1.58. The topological polar surface area (TPSA) is 54.0 Å². The smallest absolute Gasteiger partial charge is 0.253 e. The van der Waals surface area contributed by atoms with Crippen LogP contribution in [0.5, 0.6) is 0 Å². The van der Waals surface area contributed by atoms with Gasteiger partial charge in [-0.05, 0) is 30.9 Å². The molecule has 1 amide bonds. The van der Waals surface area contributed by atoms with Gasteiger partial charge in [-0.3, -0.25) is 4.79 Å². The second-order valence-electron chi connectivity index (χ2n) is 5.21. The minimum absolute atomic E-state index is 0.000466. The summed E-state index contributed by atoms with van der Waals surface area (Å²) in [6, 6.07) is 3.97. The van der Waals surface area contributed by atoms with Crippen molar-refractivity contribution in [3.63, 3.8) is 0 Å². The van der Waals surface area contributed by atoms with E-state index in [2.05, 4.69) is 22.5 Å². The summed E-state index contributed by atoms with van der Waals surface area (Å²) in [4.78, 5) is 16.4. The molecule has 4 heteroatoms. The normalized spacial score (nSPS) is 22.8. The molecular formula is C15H23N3O. The number of carbonyl (C=O) groups excluding carboxylic acids is 1. The van der Waals surface area contributed by atoms with Gasteiger partial charge in [0, 0.05) is 19.3 Å². The van der Waals surface area contributed by atoms with Crippen molar-refractivity contribution in [2.45, 2.75) is 45.1 Å². The minimum Gasteiger partial charge on any atom is -0.373 e. The highest BCUT2D eigenvalue weighted by Gasteiger charge is 2.25. The van der Waals surface area contributed by atoms with Crippen molar-refractivity contribution in [3.05, 3.63) is 23.9 Å².